The molecule has 2 aliphatic heterocycles. The van der Waals surface area contributed by atoms with E-state index in [1.165, 1.54) is 29.2 Å². The van der Waals surface area contributed by atoms with Gasteiger partial charge in [0.05, 0.1) is 23.9 Å². The van der Waals surface area contributed by atoms with E-state index in [9.17, 15) is 29.6 Å². The second kappa shape index (κ2) is 9.16. The monoisotopic (exact) mass is 531 g/mol. The Bertz CT molecular complexity index is 1510. The molecule has 2 fully saturated rings. The van der Waals surface area contributed by atoms with Crippen LogP contribution >= 0.6 is 0 Å². The van der Waals surface area contributed by atoms with Crippen molar-refractivity contribution >= 4 is 34.2 Å². The van der Waals surface area contributed by atoms with Crippen LogP contribution in [0.1, 0.15) is 37.9 Å². The minimum absolute atomic E-state index is 0.131. The summed E-state index contributed by atoms with van der Waals surface area (Å²) in [7, 11) is 1.56. The van der Waals surface area contributed by atoms with E-state index in [1.807, 2.05) is 24.3 Å². The third-order valence-corrected chi connectivity index (χ3v) is 7.81. The van der Waals surface area contributed by atoms with Gasteiger partial charge in [-0.3, -0.25) is 34.7 Å². The van der Waals surface area contributed by atoms with Gasteiger partial charge < -0.3 is 9.84 Å². The highest BCUT2D eigenvalue weighted by atomic mass is 16.6. The highest BCUT2D eigenvalue weighted by Crippen LogP contribution is 2.52. The number of aliphatic carboxylic acids is 1. The third-order valence-electron chi connectivity index (χ3n) is 7.81. The Kier molecular flexibility index (Phi) is 6.18. The maximum Gasteiger partial charge on any atom is 0.325 e. The first-order valence-electron chi connectivity index (χ1n) is 12.6. The molecule has 10 nitrogen and oxygen atoms in total. The average Bonchev–Trinajstić information content (AvgIpc) is 3.37. The summed E-state index contributed by atoms with van der Waals surface area (Å²) in [4.78, 5) is 52.8. The van der Waals surface area contributed by atoms with Gasteiger partial charge in [-0.1, -0.05) is 42.5 Å². The summed E-state index contributed by atoms with van der Waals surface area (Å²) in [5, 5.41) is 26.6. The van der Waals surface area contributed by atoms with E-state index in [-0.39, 0.29) is 12.1 Å². The maximum absolute atomic E-state index is 13.9. The number of rotatable bonds is 6. The van der Waals surface area contributed by atoms with Crippen molar-refractivity contribution in [2.75, 3.05) is 7.11 Å². The number of ether oxygens (including phenoxy) is 1. The fraction of sp³-hybridized carbons (Fsp3) is 0.345. The average molecular weight is 532 g/mol. The molecule has 0 saturated carbocycles. The number of fused-ring (bicyclic) bond motifs is 2. The molecule has 3 aromatic carbocycles. The number of amides is 2. The number of carbonyl (C=O) groups is 3. The molecule has 2 aliphatic rings. The number of hydrogen-bond acceptors (Lipinski definition) is 7. The Morgan fingerprint density at radius 1 is 1.05 bits per heavy atom. The smallest absolute Gasteiger partial charge is 0.325 e. The molecule has 0 spiro atoms. The van der Waals surface area contributed by atoms with Gasteiger partial charge in [0, 0.05) is 35.5 Å². The molecule has 0 aliphatic carbocycles. The lowest BCUT2D eigenvalue weighted by atomic mass is 9.76. The normalized spacial score (nSPS) is 24.7. The Hall–Kier alpha value is -4.31. The largest absolute Gasteiger partial charge is 0.496 e. The third kappa shape index (κ3) is 4.02. The molecular formula is C29H29N3O7. The molecule has 5 rings (SSSR count). The molecule has 39 heavy (non-hydrogen) atoms. The van der Waals surface area contributed by atoms with Gasteiger partial charge in [-0.25, -0.2) is 0 Å². The number of nitrogens with zero attached hydrogens (tertiary/aromatic N) is 2. The maximum atomic E-state index is 13.9. The molecule has 2 N–H and O–H groups in total. The number of hydrogen-bond donors (Lipinski definition) is 2. The summed E-state index contributed by atoms with van der Waals surface area (Å²) in [5.41, 5.74) is -1.65. The van der Waals surface area contributed by atoms with Crippen LogP contribution in [0.2, 0.25) is 0 Å². The van der Waals surface area contributed by atoms with Crippen molar-refractivity contribution in [3.63, 3.8) is 0 Å². The van der Waals surface area contributed by atoms with E-state index in [4.69, 9.17) is 4.74 Å². The molecule has 4 atom stereocenters. The van der Waals surface area contributed by atoms with Gasteiger partial charge in [0.2, 0.25) is 11.8 Å². The number of nitro benzene ring substituents is 1. The van der Waals surface area contributed by atoms with Gasteiger partial charge in [-0.15, -0.1) is 0 Å². The second-order valence-electron chi connectivity index (χ2n) is 11.1. The number of nitrogens with one attached hydrogen (secondary N) is 1. The number of imide groups is 1. The van der Waals surface area contributed by atoms with E-state index in [0.29, 0.717) is 16.9 Å². The number of nitro groups is 1. The molecule has 4 unspecified atom stereocenters. The summed E-state index contributed by atoms with van der Waals surface area (Å²) in [6, 6.07) is 15.8. The molecule has 0 radical (unpaired) electrons. The minimum atomic E-state index is -1.83. The zero-order valence-corrected chi connectivity index (χ0v) is 22.0. The van der Waals surface area contributed by atoms with Crippen molar-refractivity contribution in [2.45, 2.75) is 44.3 Å². The van der Waals surface area contributed by atoms with E-state index in [1.54, 1.807) is 40.0 Å². The van der Waals surface area contributed by atoms with Crippen molar-refractivity contribution in [3.05, 3.63) is 81.9 Å². The molecular weight excluding hydrogens is 502 g/mol. The highest BCUT2D eigenvalue weighted by Gasteiger charge is 2.69. The number of non-ortho nitro benzene ring substituents is 1. The highest BCUT2D eigenvalue weighted by molar-refractivity contribution is 6.10. The van der Waals surface area contributed by atoms with Gasteiger partial charge in [0.1, 0.15) is 11.3 Å². The van der Waals surface area contributed by atoms with Crippen LogP contribution in [0.15, 0.2) is 60.7 Å². The topological polar surface area (TPSA) is 139 Å². The van der Waals surface area contributed by atoms with Crippen LogP contribution in [0.3, 0.4) is 0 Å². The van der Waals surface area contributed by atoms with Crippen molar-refractivity contribution < 1.29 is 29.2 Å². The van der Waals surface area contributed by atoms with Crippen LogP contribution in [0, 0.1) is 22.0 Å². The quantitative estimate of drug-likeness (QED) is 0.278. The molecule has 2 heterocycles. The SMILES string of the molecule is COc1ccc(C2NC(Cc3ccc([N+](=O)[O-])cc3)(C(=O)O)C3C(=O)N(C(C)(C)C)C(=O)C23)c2ccccc12. The van der Waals surface area contributed by atoms with Crippen LogP contribution < -0.4 is 10.1 Å². The Labute approximate surface area is 224 Å². The number of carboxylic acid groups (broad SMARTS) is 1. The lowest BCUT2D eigenvalue weighted by Gasteiger charge is -2.35. The molecule has 10 heteroatoms. The molecule has 3 aromatic rings. The first-order chi connectivity index (χ1) is 18.4. The van der Waals surface area contributed by atoms with Crippen molar-refractivity contribution in [2.24, 2.45) is 11.8 Å². The molecule has 2 amide bonds. The van der Waals surface area contributed by atoms with E-state index >= 15 is 0 Å². The number of carboxylic acids is 1. The summed E-state index contributed by atoms with van der Waals surface area (Å²) in [5.74, 6) is -3.78. The predicted molar refractivity (Wildman–Crippen MR) is 142 cm³/mol. The van der Waals surface area contributed by atoms with Crippen LogP contribution in [-0.4, -0.2) is 50.9 Å². The van der Waals surface area contributed by atoms with Crippen LogP contribution in [0.5, 0.6) is 5.75 Å². The van der Waals surface area contributed by atoms with Gasteiger partial charge in [-0.2, -0.15) is 0 Å². The summed E-state index contributed by atoms with van der Waals surface area (Å²) < 4.78 is 5.52. The fourth-order valence-electron chi connectivity index (χ4n) is 6.17. The first-order valence-corrected chi connectivity index (χ1v) is 12.6. The standard InChI is InChI=1S/C29H29N3O7/c1-28(2,3)31-25(33)22-23(26(31)34)29(27(35)36,15-16-9-11-17(12-10-16)32(37)38)30-24(22)20-13-14-21(39-4)19-8-6-5-7-18(19)20/h5-14,22-24,30H,15H2,1-4H3,(H,35,36). The number of carbonyl (C=O) groups excluding carboxylic acids is 2. The second-order valence-corrected chi connectivity index (χ2v) is 11.1. The van der Waals surface area contributed by atoms with Gasteiger partial charge in [0.25, 0.3) is 5.69 Å². The predicted octanol–water partition coefficient (Wildman–Crippen LogP) is 3.87. The molecule has 0 bridgehead atoms. The number of likely N-dealkylation sites (tertiary alicyclic amines) is 1. The van der Waals surface area contributed by atoms with E-state index in [0.717, 1.165) is 10.8 Å². The molecule has 202 valence electrons. The minimum Gasteiger partial charge on any atom is -0.496 e. The van der Waals surface area contributed by atoms with Crippen LogP contribution in [-0.2, 0) is 20.8 Å². The van der Waals surface area contributed by atoms with E-state index < -0.39 is 51.7 Å². The van der Waals surface area contributed by atoms with Gasteiger partial charge in [-0.05, 0) is 43.4 Å². The van der Waals surface area contributed by atoms with Crippen LogP contribution in [0.4, 0.5) is 5.69 Å². The first kappa shape index (κ1) is 26.3. The van der Waals surface area contributed by atoms with E-state index in [2.05, 4.69) is 5.32 Å². The summed E-state index contributed by atoms with van der Waals surface area (Å²) >= 11 is 0. The molecule has 2 saturated heterocycles. The summed E-state index contributed by atoms with van der Waals surface area (Å²) in [6.45, 7) is 5.23. The lowest BCUT2D eigenvalue weighted by Crippen LogP contribution is -2.58. The fourth-order valence-corrected chi connectivity index (χ4v) is 6.17. The molecule has 0 aromatic heterocycles. The summed E-state index contributed by atoms with van der Waals surface area (Å²) in [6.07, 6.45) is -0.150. The lowest BCUT2D eigenvalue weighted by molar-refractivity contribution is -0.384. The van der Waals surface area contributed by atoms with Crippen LogP contribution in [0.25, 0.3) is 10.8 Å². The van der Waals surface area contributed by atoms with Gasteiger partial charge >= 0.3 is 5.97 Å². The zero-order valence-electron chi connectivity index (χ0n) is 22.0. The Morgan fingerprint density at radius 3 is 2.26 bits per heavy atom. The van der Waals surface area contributed by atoms with Crippen molar-refractivity contribution in [1.29, 1.82) is 0 Å². The van der Waals surface area contributed by atoms with Gasteiger partial charge in [0.15, 0.2) is 0 Å². The Morgan fingerprint density at radius 2 is 1.69 bits per heavy atom. The number of benzene rings is 3. The van der Waals surface area contributed by atoms with Crippen molar-refractivity contribution in [1.82, 2.24) is 10.2 Å². The number of methoxy groups -OCH3 is 1. The Balaban J connectivity index is 1.70. The zero-order chi connectivity index (χ0) is 28.3. The van der Waals surface area contributed by atoms with Crippen molar-refractivity contribution in [3.8, 4) is 5.75 Å².